The fraction of sp³-hybridized carbons (Fsp3) is 0.333. The first kappa shape index (κ1) is 15.9. The highest BCUT2D eigenvalue weighted by molar-refractivity contribution is 7.89. The second kappa shape index (κ2) is 6.52. The largest absolute Gasteiger partial charge is 0.326 e. The van der Waals surface area contributed by atoms with Crippen LogP contribution in [0.25, 0.3) is 0 Å². The highest BCUT2D eigenvalue weighted by atomic mass is 35.5. The van der Waals surface area contributed by atoms with E-state index in [-0.39, 0.29) is 18.0 Å². The highest BCUT2D eigenvalue weighted by Gasteiger charge is 2.15. The molecule has 0 radical (unpaired) electrons. The van der Waals surface area contributed by atoms with Crippen LogP contribution in [-0.2, 0) is 30.0 Å². The van der Waals surface area contributed by atoms with Crippen LogP contribution in [-0.4, -0.2) is 29.7 Å². The average Bonchev–Trinajstić information content (AvgIpc) is 2.84. The second-order valence-corrected chi connectivity index (χ2v) is 6.64. The molecule has 2 aromatic rings. The monoisotopic (exact) mass is 329 g/mol. The van der Waals surface area contributed by atoms with E-state index in [1.165, 1.54) is 12.1 Å². The minimum atomic E-state index is -3.61. The van der Waals surface area contributed by atoms with Gasteiger partial charge in [-0.25, -0.2) is 13.1 Å². The summed E-state index contributed by atoms with van der Waals surface area (Å²) >= 11 is 5.98. The normalized spacial score (nSPS) is 11.8. The molecule has 0 aliphatic rings. The van der Waals surface area contributed by atoms with E-state index in [4.69, 9.17) is 17.3 Å². The Labute approximate surface area is 128 Å². The van der Waals surface area contributed by atoms with Gasteiger partial charge in [0.2, 0.25) is 10.0 Å². The number of nitrogens with one attached hydrogen (secondary N) is 1. The maximum Gasteiger partial charge on any atom is 0.240 e. The van der Waals surface area contributed by atoms with Crippen LogP contribution < -0.4 is 10.5 Å². The third-order valence-electron chi connectivity index (χ3n) is 3.00. The van der Waals surface area contributed by atoms with Gasteiger partial charge < -0.3 is 10.3 Å². The number of nitrogens with zero attached hydrogens (tertiary/aromatic N) is 3. The Morgan fingerprint density at radius 3 is 2.76 bits per heavy atom. The lowest BCUT2D eigenvalue weighted by Gasteiger charge is -2.08. The summed E-state index contributed by atoms with van der Waals surface area (Å²) in [5.41, 5.74) is 6.20. The first-order chi connectivity index (χ1) is 9.94. The molecule has 114 valence electrons. The lowest BCUT2D eigenvalue weighted by atomic mass is 10.2. The molecule has 0 unspecified atom stereocenters. The number of halogens is 1. The van der Waals surface area contributed by atoms with Crippen LogP contribution in [0, 0.1) is 0 Å². The van der Waals surface area contributed by atoms with Gasteiger partial charge in [0.15, 0.2) is 0 Å². The third kappa shape index (κ3) is 3.79. The van der Waals surface area contributed by atoms with Gasteiger partial charge in [-0.05, 0) is 17.7 Å². The van der Waals surface area contributed by atoms with Crippen molar-refractivity contribution >= 4 is 21.6 Å². The van der Waals surface area contributed by atoms with Gasteiger partial charge in [-0.15, -0.1) is 10.2 Å². The number of aryl methyl sites for hydroxylation is 1. The zero-order valence-electron chi connectivity index (χ0n) is 11.5. The summed E-state index contributed by atoms with van der Waals surface area (Å²) in [5.74, 6) is 0.703. The summed E-state index contributed by atoms with van der Waals surface area (Å²) in [7, 11) is -1.81. The van der Waals surface area contributed by atoms with Crippen molar-refractivity contribution in [1.82, 2.24) is 19.5 Å². The molecule has 0 saturated carbocycles. The first-order valence-corrected chi connectivity index (χ1v) is 8.11. The minimum absolute atomic E-state index is 0.114. The zero-order valence-corrected chi connectivity index (χ0v) is 13.0. The van der Waals surface area contributed by atoms with Crippen LogP contribution in [0.5, 0.6) is 0 Å². The van der Waals surface area contributed by atoms with Gasteiger partial charge >= 0.3 is 0 Å². The van der Waals surface area contributed by atoms with Crippen molar-refractivity contribution in [1.29, 1.82) is 0 Å². The molecule has 9 heteroatoms. The van der Waals surface area contributed by atoms with Crippen molar-refractivity contribution < 1.29 is 8.42 Å². The molecule has 21 heavy (non-hydrogen) atoms. The molecule has 0 aliphatic carbocycles. The van der Waals surface area contributed by atoms with Gasteiger partial charge in [0.05, 0.1) is 4.90 Å². The molecule has 0 aliphatic heterocycles. The number of hydrogen-bond acceptors (Lipinski definition) is 5. The van der Waals surface area contributed by atoms with Gasteiger partial charge in [-0.2, -0.15) is 0 Å². The Kier molecular flexibility index (Phi) is 4.94. The molecule has 1 aromatic carbocycles. The maximum absolute atomic E-state index is 12.2. The van der Waals surface area contributed by atoms with Crippen LogP contribution in [0.15, 0.2) is 29.4 Å². The van der Waals surface area contributed by atoms with E-state index < -0.39 is 10.0 Å². The molecule has 7 nitrogen and oxygen atoms in total. The molecule has 3 N–H and O–H groups in total. The van der Waals surface area contributed by atoms with Crippen molar-refractivity contribution in [3.63, 3.8) is 0 Å². The van der Waals surface area contributed by atoms with Crippen LogP contribution in [0.1, 0.15) is 11.4 Å². The standard InChI is InChI=1S/C12H16ClN5O2S/c1-18-8-15-17-12(18)4-5-16-21(19,20)10-3-2-9(7-14)11(13)6-10/h2-3,6,8,16H,4-5,7,14H2,1H3. The second-order valence-electron chi connectivity index (χ2n) is 4.46. The van der Waals surface area contributed by atoms with Crippen molar-refractivity contribution in [2.75, 3.05) is 6.54 Å². The van der Waals surface area contributed by atoms with E-state index in [0.29, 0.717) is 22.8 Å². The quantitative estimate of drug-likeness (QED) is 0.801. The Bertz CT molecular complexity index is 729. The molecule has 1 aromatic heterocycles. The summed E-state index contributed by atoms with van der Waals surface area (Å²) in [4.78, 5) is 0.114. The lowest BCUT2D eigenvalue weighted by Crippen LogP contribution is -2.26. The van der Waals surface area contributed by atoms with E-state index in [2.05, 4.69) is 14.9 Å². The summed E-state index contributed by atoms with van der Waals surface area (Å²) in [6.07, 6.45) is 2.01. The predicted molar refractivity (Wildman–Crippen MR) is 79.2 cm³/mol. The number of aromatic nitrogens is 3. The Morgan fingerprint density at radius 2 is 2.19 bits per heavy atom. The molecular weight excluding hydrogens is 314 g/mol. The van der Waals surface area contributed by atoms with E-state index >= 15 is 0 Å². The molecule has 0 spiro atoms. The van der Waals surface area contributed by atoms with Gasteiger partial charge in [-0.1, -0.05) is 17.7 Å². The van der Waals surface area contributed by atoms with E-state index in [0.717, 1.165) is 0 Å². The Balaban J connectivity index is 2.05. The number of sulfonamides is 1. The summed E-state index contributed by atoms with van der Waals surface area (Å²) < 4.78 is 28.6. The maximum atomic E-state index is 12.2. The van der Waals surface area contributed by atoms with E-state index in [1.807, 2.05) is 0 Å². The smallest absolute Gasteiger partial charge is 0.240 e. The highest BCUT2D eigenvalue weighted by Crippen LogP contribution is 2.20. The number of benzene rings is 1. The molecule has 0 amide bonds. The molecule has 0 fully saturated rings. The third-order valence-corrected chi connectivity index (χ3v) is 4.81. The fourth-order valence-electron chi connectivity index (χ4n) is 1.77. The molecular formula is C12H16ClN5O2S. The molecule has 0 saturated heterocycles. The lowest BCUT2D eigenvalue weighted by molar-refractivity contribution is 0.580. The minimum Gasteiger partial charge on any atom is -0.326 e. The van der Waals surface area contributed by atoms with Crippen molar-refractivity contribution in [3.8, 4) is 0 Å². The summed E-state index contributed by atoms with van der Waals surface area (Å²) in [6, 6.07) is 4.49. The van der Waals surface area contributed by atoms with E-state index in [1.54, 1.807) is 24.0 Å². The number of hydrogen-bond donors (Lipinski definition) is 2. The zero-order chi connectivity index (χ0) is 15.5. The Hall–Kier alpha value is -1.48. The molecule has 1 heterocycles. The molecule has 0 atom stereocenters. The molecule has 2 rings (SSSR count). The Morgan fingerprint density at radius 1 is 1.43 bits per heavy atom. The van der Waals surface area contributed by atoms with Crippen LogP contribution >= 0.6 is 11.6 Å². The fourth-order valence-corrected chi connectivity index (χ4v) is 3.15. The van der Waals surface area contributed by atoms with Crippen molar-refractivity contribution in [3.05, 3.63) is 40.9 Å². The average molecular weight is 330 g/mol. The predicted octanol–water partition coefficient (Wildman–Crippen LogP) is 0.448. The number of nitrogens with two attached hydrogens (primary N) is 1. The van der Waals surface area contributed by atoms with Gasteiger partial charge in [0, 0.05) is 31.6 Å². The van der Waals surface area contributed by atoms with Gasteiger partial charge in [-0.3, -0.25) is 0 Å². The van der Waals surface area contributed by atoms with Crippen molar-refractivity contribution in [2.24, 2.45) is 12.8 Å². The van der Waals surface area contributed by atoms with E-state index in [9.17, 15) is 8.42 Å². The molecule has 0 bridgehead atoms. The van der Waals surface area contributed by atoms with Crippen LogP contribution in [0.2, 0.25) is 5.02 Å². The van der Waals surface area contributed by atoms with Crippen LogP contribution in [0.3, 0.4) is 0 Å². The van der Waals surface area contributed by atoms with Gasteiger partial charge in [0.25, 0.3) is 0 Å². The van der Waals surface area contributed by atoms with Gasteiger partial charge in [0.1, 0.15) is 12.2 Å². The summed E-state index contributed by atoms with van der Waals surface area (Å²) in [5, 5.41) is 7.96. The van der Waals surface area contributed by atoms with Crippen molar-refractivity contribution in [2.45, 2.75) is 17.9 Å². The number of rotatable bonds is 6. The SMILES string of the molecule is Cn1cnnc1CCNS(=O)(=O)c1ccc(CN)c(Cl)c1. The first-order valence-electron chi connectivity index (χ1n) is 6.25. The summed E-state index contributed by atoms with van der Waals surface area (Å²) in [6.45, 7) is 0.490. The van der Waals surface area contributed by atoms with Crippen LogP contribution in [0.4, 0.5) is 0 Å². The topological polar surface area (TPSA) is 103 Å².